The van der Waals surface area contributed by atoms with Gasteiger partial charge in [-0.2, -0.15) is 13.2 Å². The monoisotopic (exact) mass is 592 g/mol. The Morgan fingerprint density at radius 1 is 1.25 bits per heavy atom. The van der Waals surface area contributed by atoms with Gasteiger partial charge in [-0.1, -0.05) is 0 Å². The molecule has 1 aromatic carbocycles. The summed E-state index contributed by atoms with van der Waals surface area (Å²) in [7, 11) is -1.55. The molecule has 0 spiro atoms. The first-order chi connectivity index (χ1) is 18.5. The number of sulfonamides is 1. The highest BCUT2D eigenvalue weighted by atomic mass is 32.2. The maximum absolute atomic E-state index is 14.0. The Balaban J connectivity index is 2.00. The lowest BCUT2D eigenvalue weighted by molar-refractivity contribution is -0.242. The SMILES string of the molecule is CCOC(=O)CCC1CN(S(=O)(=O)c2c(OC)nn(C)c2C)c2cc(NC(=O)OC(C)(C)C(F)(F)F)ccc2O1. The molecule has 1 aromatic heterocycles. The second-order valence-electron chi connectivity index (χ2n) is 9.37. The third-order valence-electron chi connectivity index (χ3n) is 6.13. The number of fused-ring (bicyclic) bond motifs is 1. The zero-order valence-electron chi connectivity index (χ0n) is 22.8. The summed E-state index contributed by atoms with van der Waals surface area (Å²) in [6, 6.07) is 3.90. The number of amides is 1. The summed E-state index contributed by atoms with van der Waals surface area (Å²) < 4.78 is 90.4. The molecule has 0 aliphatic carbocycles. The number of rotatable bonds is 9. The highest BCUT2D eigenvalue weighted by Gasteiger charge is 2.51. The molecule has 0 saturated heterocycles. The van der Waals surface area contributed by atoms with Crippen LogP contribution in [-0.2, 0) is 31.3 Å². The van der Waals surface area contributed by atoms with Crippen LogP contribution in [0.4, 0.5) is 29.3 Å². The van der Waals surface area contributed by atoms with Crippen LogP contribution in [0.15, 0.2) is 23.1 Å². The number of aryl methyl sites for hydroxylation is 1. The Kier molecular flexibility index (Phi) is 8.81. The summed E-state index contributed by atoms with van der Waals surface area (Å²) in [5, 5.41) is 6.28. The van der Waals surface area contributed by atoms with Gasteiger partial charge >= 0.3 is 18.2 Å². The van der Waals surface area contributed by atoms with Crippen LogP contribution in [0.2, 0.25) is 0 Å². The average Bonchev–Trinajstić information content (AvgIpc) is 3.15. The third-order valence-corrected chi connectivity index (χ3v) is 8.05. The first-order valence-corrected chi connectivity index (χ1v) is 13.6. The molecule has 1 aliphatic rings. The number of methoxy groups -OCH3 is 1. The molecular weight excluding hydrogens is 561 g/mol. The Labute approximate surface area is 229 Å². The van der Waals surface area contributed by atoms with Crippen molar-refractivity contribution in [2.75, 3.05) is 29.9 Å². The number of esters is 1. The van der Waals surface area contributed by atoms with E-state index in [1.807, 2.05) is 0 Å². The van der Waals surface area contributed by atoms with Gasteiger partial charge in [-0.05, 0) is 52.3 Å². The predicted molar refractivity (Wildman–Crippen MR) is 136 cm³/mol. The fourth-order valence-electron chi connectivity index (χ4n) is 3.81. The molecule has 40 heavy (non-hydrogen) atoms. The molecule has 1 N–H and O–H groups in total. The number of nitrogens with one attached hydrogen (secondary N) is 1. The number of aromatic nitrogens is 2. The van der Waals surface area contributed by atoms with Gasteiger partial charge in [0.25, 0.3) is 15.9 Å². The average molecular weight is 593 g/mol. The largest absolute Gasteiger partial charge is 0.486 e. The number of ether oxygens (including phenoxy) is 4. The second-order valence-corrected chi connectivity index (χ2v) is 11.2. The maximum Gasteiger partial charge on any atom is 0.427 e. The summed E-state index contributed by atoms with van der Waals surface area (Å²) in [6.07, 6.45) is -6.88. The van der Waals surface area contributed by atoms with Crippen LogP contribution >= 0.6 is 0 Å². The molecule has 1 amide bonds. The number of hydrogen-bond donors (Lipinski definition) is 1. The smallest absolute Gasteiger partial charge is 0.427 e. The van der Waals surface area contributed by atoms with Crippen molar-refractivity contribution in [3.63, 3.8) is 0 Å². The van der Waals surface area contributed by atoms with Crippen molar-refractivity contribution in [2.24, 2.45) is 7.05 Å². The molecule has 1 aliphatic heterocycles. The maximum atomic E-state index is 14.0. The summed E-state index contributed by atoms with van der Waals surface area (Å²) in [5.41, 5.74) is -2.55. The van der Waals surface area contributed by atoms with E-state index < -0.39 is 40.0 Å². The molecule has 0 bridgehead atoms. The van der Waals surface area contributed by atoms with Gasteiger partial charge in [-0.3, -0.25) is 19.1 Å². The normalized spacial score (nSPS) is 15.6. The van der Waals surface area contributed by atoms with E-state index in [4.69, 9.17) is 14.2 Å². The summed E-state index contributed by atoms with van der Waals surface area (Å²) in [4.78, 5) is 24.0. The van der Waals surface area contributed by atoms with E-state index in [0.29, 0.717) is 13.8 Å². The van der Waals surface area contributed by atoms with Crippen LogP contribution in [0, 0.1) is 6.92 Å². The molecule has 1 unspecified atom stereocenters. The first-order valence-electron chi connectivity index (χ1n) is 12.1. The summed E-state index contributed by atoms with van der Waals surface area (Å²) in [5.74, 6) is -0.530. The predicted octanol–water partition coefficient (Wildman–Crippen LogP) is 3.93. The van der Waals surface area contributed by atoms with E-state index >= 15 is 0 Å². The van der Waals surface area contributed by atoms with Gasteiger partial charge in [-0.25, -0.2) is 13.2 Å². The molecule has 3 rings (SSSR count). The van der Waals surface area contributed by atoms with Gasteiger partial charge in [0.1, 0.15) is 11.9 Å². The highest BCUT2D eigenvalue weighted by Crippen LogP contribution is 2.42. The number of carbonyl (C=O) groups excluding carboxylic acids is 2. The van der Waals surface area contributed by atoms with E-state index in [0.717, 1.165) is 4.31 Å². The zero-order valence-corrected chi connectivity index (χ0v) is 23.6. The molecule has 0 fully saturated rings. The minimum atomic E-state index is -4.82. The van der Waals surface area contributed by atoms with Crippen molar-refractivity contribution >= 4 is 33.5 Å². The third kappa shape index (κ3) is 6.37. The molecule has 16 heteroatoms. The van der Waals surface area contributed by atoms with Crippen molar-refractivity contribution in [1.82, 2.24) is 9.78 Å². The number of nitrogens with zero attached hydrogens (tertiary/aromatic N) is 3. The van der Waals surface area contributed by atoms with E-state index in [2.05, 4.69) is 15.2 Å². The van der Waals surface area contributed by atoms with E-state index in [-0.39, 0.29) is 59.6 Å². The second kappa shape index (κ2) is 11.4. The highest BCUT2D eigenvalue weighted by molar-refractivity contribution is 7.93. The number of alkyl halides is 3. The Bertz CT molecular complexity index is 1370. The number of carbonyl (C=O) groups is 2. The van der Waals surface area contributed by atoms with Crippen molar-refractivity contribution in [1.29, 1.82) is 0 Å². The number of benzene rings is 1. The molecule has 2 aromatic rings. The van der Waals surface area contributed by atoms with Crippen molar-refractivity contribution in [2.45, 2.75) is 63.3 Å². The fraction of sp³-hybridized carbons (Fsp3) is 0.542. The molecule has 12 nitrogen and oxygen atoms in total. The minimum Gasteiger partial charge on any atom is -0.486 e. The van der Waals surface area contributed by atoms with E-state index in [1.54, 1.807) is 20.9 Å². The van der Waals surface area contributed by atoms with Crippen molar-refractivity contribution < 1.29 is 50.1 Å². The van der Waals surface area contributed by atoms with E-state index in [1.165, 1.54) is 30.0 Å². The molecule has 0 radical (unpaired) electrons. The van der Waals surface area contributed by atoms with Gasteiger partial charge in [0, 0.05) is 19.2 Å². The molecule has 0 saturated carbocycles. The standard InChI is InChI=1S/C24H31F3N4O8S/c1-7-37-19(32)11-9-16-13-31(40(34,35)20-14(2)30(5)29-21(20)36-6)17-12-15(8-10-18(17)38-16)28-22(33)39-23(3,4)24(25,26)27/h8,10,12,16H,7,9,11,13H2,1-6H3,(H,28,33). The van der Waals surface area contributed by atoms with Gasteiger partial charge < -0.3 is 18.9 Å². The van der Waals surface area contributed by atoms with Crippen LogP contribution < -0.4 is 19.1 Å². The Morgan fingerprint density at radius 3 is 2.52 bits per heavy atom. The number of hydrogen-bond acceptors (Lipinski definition) is 9. The van der Waals surface area contributed by atoms with Crippen LogP contribution in [-0.4, -0.2) is 68.4 Å². The van der Waals surface area contributed by atoms with Gasteiger partial charge in [0.05, 0.1) is 31.6 Å². The minimum absolute atomic E-state index is 0.00873. The van der Waals surface area contributed by atoms with Crippen molar-refractivity contribution in [3.8, 4) is 11.6 Å². The van der Waals surface area contributed by atoms with Crippen LogP contribution in [0.1, 0.15) is 39.3 Å². The Morgan fingerprint density at radius 2 is 1.93 bits per heavy atom. The van der Waals surface area contributed by atoms with Crippen molar-refractivity contribution in [3.05, 3.63) is 23.9 Å². The van der Waals surface area contributed by atoms with Gasteiger partial charge in [-0.15, -0.1) is 5.10 Å². The zero-order chi connectivity index (χ0) is 30.0. The van der Waals surface area contributed by atoms with E-state index in [9.17, 15) is 31.2 Å². The lowest BCUT2D eigenvalue weighted by atomic mass is 10.1. The summed E-state index contributed by atoms with van der Waals surface area (Å²) >= 11 is 0. The molecule has 222 valence electrons. The number of halogens is 3. The van der Waals surface area contributed by atoms with Gasteiger partial charge in [0.15, 0.2) is 4.90 Å². The molecule has 2 heterocycles. The fourth-order valence-corrected chi connectivity index (χ4v) is 5.65. The van der Waals surface area contributed by atoms with Gasteiger partial charge in [0.2, 0.25) is 5.60 Å². The quantitative estimate of drug-likeness (QED) is 0.429. The van der Waals surface area contributed by atoms with Crippen LogP contribution in [0.3, 0.4) is 0 Å². The molecular formula is C24H31F3N4O8S. The Hall–Kier alpha value is -3.69. The summed E-state index contributed by atoms with van der Waals surface area (Å²) in [6.45, 7) is 4.55. The number of anilines is 2. The van der Waals surface area contributed by atoms with Crippen LogP contribution in [0.5, 0.6) is 11.6 Å². The lowest BCUT2D eigenvalue weighted by Crippen LogP contribution is -2.44. The van der Waals surface area contributed by atoms with Crippen LogP contribution in [0.25, 0.3) is 0 Å². The lowest BCUT2D eigenvalue weighted by Gasteiger charge is -2.35. The topological polar surface area (TPSA) is 138 Å². The first kappa shape index (κ1) is 30.8. The molecule has 1 atom stereocenters.